The second-order valence-electron chi connectivity index (χ2n) is 2.82. The average molecular weight is 180 g/mol. The van der Waals surface area contributed by atoms with Gasteiger partial charge in [-0.15, -0.1) is 0 Å². The van der Waals surface area contributed by atoms with E-state index in [1.54, 1.807) is 0 Å². The fourth-order valence-corrected chi connectivity index (χ4v) is 1.07. The van der Waals surface area contributed by atoms with Crippen molar-refractivity contribution in [3.63, 3.8) is 0 Å². The highest BCUT2D eigenvalue weighted by Crippen LogP contribution is 2.11. The number of aldehydes is 1. The Hall–Kier alpha value is -1.38. The van der Waals surface area contributed by atoms with E-state index in [1.807, 2.05) is 12.2 Å². The largest absolute Gasteiger partial charge is 0.461 e. The summed E-state index contributed by atoms with van der Waals surface area (Å²) in [6.07, 6.45) is 8.30. The first-order valence-corrected chi connectivity index (χ1v) is 4.27. The smallest absolute Gasteiger partial charge is 0.313 e. The van der Waals surface area contributed by atoms with Crippen molar-refractivity contribution in [3.8, 4) is 0 Å². The third-order valence-electron chi connectivity index (χ3n) is 1.77. The van der Waals surface area contributed by atoms with Crippen LogP contribution in [-0.2, 0) is 14.3 Å². The third-order valence-corrected chi connectivity index (χ3v) is 1.77. The standard InChI is InChI=1S/C10H12O3/c11-7-6-10(12)13-8-9-4-2-1-3-5-9/h1-2,4,7H,3,5-6,8H2. The lowest BCUT2D eigenvalue weighted by molar-refractivity contribution is -0.143. The van der Waals surface area contributed by atoms with Gasteiger partial charge in [0.15, 0.2) is 0 Å². The summed E-state index contributed by atoms with van der Waals surface area (Å²) < 4.78 is 4.85. The van der Waals surface area contributed by atoms with E-state index < -0.39 is 5.97 Å². The van der Waals surface area contributed by atoms with Gasteiger partial charge in [0, 0.05) is 0 Å². The molecule has 1 aliphatic rings. The maximum atomic E-state index is 10.8. The predicted octanol–water partition coefficient (Wildman–Crippen LogP) is 1.40. The maximum absolute atomic E-state index is 10.8. The summed E-state index contributed by atoms with van der Waals surface area (Å²) in [5, 5.41) is 0. The van der Waals surface area contributed by atoms with Gasteiger partial charge in [0.05, 0.1) is 0 Å². The molecule has 3 heteroatoms. The molecule has 0 fully saturated rings. The van der Waals surface area contributed by atoms with Gasteiger partial charge in [-0.2, -0.15) is 0 Å². The molecule has 0 aliphatic heterocycles. The van der Waals surface area contributed by atoms with E-state index >= 15 is 0 Å². The number of hydrogen-bond acceptors (Lipinski definition) is 3. The topological polar surface area (TPSA) is 43.4 Å². The summed E-state index contributed by atoms with van der Waals surface area (Å²) in [5.41, 5.74) is 1.10. The van der Waals surface area contributed by atoms with E-state index in [9.17, 15) is 9.59 Å². The van der Waals surface area contributed by atoms with Crippen LogP contribution in [0.4, 0.5) is 0 Å². The van der Waals surface area contributed by atoms with Crippen LogP contribution in [0.1, 0.15) is 19.3 Å². The fraction of sp³-hybridized carbons (Fsp3) is 0.400. The molecule has 0 aromatic heterocycles. The van der Waals surface area contributed by atoms with Crippen LogP contribution >= 0.6 is 0 Å². The molecule has 0 heterocycles. The highest BCUT2D eigenvalue weighted by Gasteiger charge is 2.04. The zero-order valence-corrected chi connectivity index (χ0v) is 7.36. The van der Waals surface area contributed by atoms with Gasteiger partial charge in [-0.05, 0) is 18.4 Å². The van der Waals surface area contributed by atoms with Crippen LogP contribution in [0, 0.1) is 0 Å². The van der Waals surface area contributed by atoms with Crippen LogP contribution in [0.5, 0.6) is 0 Å². The molecule has 3 nitrogen and oxygen atoms in total. The molecular weight excluding hydrogens is 168 g/mol. The Balaban J connectivity index is 2.25. The lowest BCUT2D eigenvalue weighted by Crippen LogP contribution is -2.08. The number of hydrogen-bond donors (Lipinski definition) is 0. The van der Waals surface area contributed by atoms with Crippen molar-refractivity contribution < 1.29 is 14.3 Å². The molecular formula is C10H12O3. The first-order valence-electron chi connectivity index (χ1n) is 4.27. The van der Waals surface area contributed by atoms with E-state index in [4.69, 9.17) is 4.74 Å². The minimum Gasteiger partial charge on any atom is -0.461 e. The van der Waals surface area contributed by atoms with Gasteiger partial charge in [-0.25, -0.2) is 0 Å². The van der Waals surface area contributed by atoms with Gasteiger partial charge < -0.3 is 9.53 Å². The molecule has 70 valence electrons. The Morgan fingerprint density at radius 3 is 3.08 bits per heavy atom. The fourth-order valence-electron chi connectivity index (χ4n) is 1.07. The minimum absolute atomic E-state index is 0.150. The van der Waals surface area contributed by atoms with E-state index in [2.05, 4.69) is 6.08 Å². The molecule has 1 rings (SSSR count). The van der Waals surface area contributed by atoms with Gasteiger partial charge in [-0.3, -0.25) is 4.79 Å². The number of allylic oxidation sites excluding steroid dienone is 3. The van der Waals surface area contributed by atoms with Crippen LogP contribution < -0.4 is 0 Å². The highest BCUT2D eigenvalue weighted by atomic mass is 16.5. The van der Waals surface area contributed by atoms with Crippen LogP contribution in [0.2, 0.25) is 0 Å². The number of esters is 1. The maximum Gasteiger partial charge on any atom is 0.313 e. The minimum atomic E-state index is -0.453. The highest BCUT2D eigenvalue weighted by molar-refractivity contribution is 5.83. The summed E-state index contributed by atoms with van der Waals surface area (Å²) in [6.45, 7) is 0.316. The Labute approximate surface area is 77.1 Å². The SMILES string of the molecule is O=CCC(=O)OCC1=CC=CCC1. The Bertz CT molecular complexity index is 251. The second kappa shape index (κ2) is 5.30. The Morgan fingerprint density at radius 2 is 2.46 bits per heavy atom. The first-order chi connectivity index (χ1) is 6.33. The molecule has 0 spiro atoms. The van der Waals surface area contributed by atoms with E-state index in [0.29, 0.717) is 12.9 Å². The van der Waals surface area contributed by atoms with Gasteiger partial charge >= 0.3 is 5.97 Å². The van der Waals surface area contributed by atoms with Crippen LogP contribution in [-0.4, -0.2) is 18.9 Å². The van der Waals surface area contributed by atoms with Crippen LogP contribution in [0.15, 0.2) is 23.8 Å². The lowest BCUT2D eigenvalue weighted by Gasteiger charge is -2.08. The Kier molecular flexibility index (Phi) is 3.96. The Morgan fingerprint density at radius 1 is 1.62 bits per heavy atom. The number of rotatable bonds is 4. The number of carbonyl (C=O) groups excluding carboxylic acids is 2. The normalized spacial score (nSPS) is 14.9. The molecule has 0 bridgehead atoms. The molecule has 0 amide bonds. The van der Waals surface area contributed by atoms with Crippen molar-refractivity contribution in [2.45, 2.75) is 19.3 Å². The van der Waals surface area contributed by atoms with Crippen molar-refractivity contribution in [1.82, 2.24) is 0 Å². The van der Waals surface area contributed by atoms with Gasteiger partial charge in [0.2, 0.25) is 0 Å². The number of carbonyl (C=O) groups is 2. The van der Waals surface area contributed by atoms with Gasteiger partial charge in [0.1, 0.15) is 19.3 Å². The monoisotopic (exact) mass is 180 g/mol. The number of ether oxygens (including phenoxy) is 1. The quantitative estimate of drug-likeness (QED) is 0.373. The molecule has 0 N–H and O–H groups in total. The van der Waals surface area contributed by atoms with Crippen LogP contribution in [0.25, 0.3) is 0 Å². The molecule has 1 aliphatic carbocycles. The van der Waals surface area contributed by atoms with E-state index in [-0.39, 0.29) is 6.42 Å². The average Bonchev–Trinajstić information content (AvgIpc) is 2.17. The lowest BCUT2D eigenvalue weighted by atomic mass is 10.1. The summed E-state index contributed by atoms with van der Waals surface area (Å²) in [4.78, 5) is 20.7. The van der Waals surface area contributed by atoms with Crippen molar-refractivity contribution in [1.29, 1.82) is 0 Å². The molecule has 0 aromatic rings. The summed E-state index contributed by atoms with van der Waals surface area (Å²) in [5.74, 6) is -0.453. The van der Waals surface area contributed by atoms with Crippen molar-refractivity contribution in [2.75, 3.05) is 6.61 Å². The molecule has 0 saturated carbocycles. The van der Waals surface area contributed by atoms with Gasteiger partial charge in [0.25, 0.3) is 0 Å². The molecule has 0 aromatic carbocycles. The molecule has 0 saturated heterocycles. The van der Waals surface area contributed by atoms with Crippen molar-refractivity contribution in [2.24, 2.45) is 0 Å². The molecule has 0 atom stereocenters. The summed E-state index contributed by atoms with van der Waals surface area (Å²) >= 11 is 0. The van der Waals surface area contributed by atoms with Gasteiger partial charge in [-0.1, -0.05) is 18.2 Å². The first kappa shape index (κ1) is 9.71. The molecule has 13 heavy (non-hydrogen) atoms. The molecule has 0 unspecified atom stereocenters. The summed E-state index contributed by atoms with van der Waals surface area (Å²) in [7, 11) is 0. The van der Waals surface area contributed by atoms with E-state index in [1.165, 1.54) is 0 Å². The zero-order valence-electron chi connectivity index (χ0n) is 7.36. The zero-order chi connectivity index (χ0) is 9.52. The second-order valence-corrected chi connectivity index (χ2v) is 2.82. The predicted molar refractivity (Wildman–Crippen MR) is 48.1 cm³/mol. The molecule has 0 radical (unpaired) electrons. The van der Waals surface area contributed by atoms with Crippen molar-refractivity contribution in [3.05, 3.63) is 23.8 Å². The van der Waals surface area contributed by atoms with E-state index in [0.717, 1.165) is 18.4 Å². The van der Waals surface area contributed by atoms with Crippen LogP contribution in [0.3, 0.4) is 0 Å². The third kappa shape index (κ3) is 3.69. The summed E-state index contributed by atoms with van der Waals surface area (Å²) in [6, 6.07) is 0. The van der Waals surface area contributed by atoms with Crippen molar-refractivity contribution >= 4 is 12.3 Å².